The fourth-order valence-corrected chi connectivity index (χ4v) is 4.48. The third-order valence-corrected chi connectivity index (χ3v) is 6.33. The van der Waals surface area contributed by atoms with Gasteiger partial charge in [-0.05, 0) is 29.3 Å². The van der Waals surface area contributed by atoms with Gasteiger partial charge in [0.25, 0.3) is 5.69 Å². The average molecular weight is 502 g/mol. The molecule has 0 spiro atoms. The number of nitro groups is 1. The smallest absolute Gasteiger partial charge is 0.270 e. The van der Waals surface area contributed by atoms with E-state index >= 15 is 0 Å². The highest BCUT2D eigenvalue weighted by Crippen LogP contribution is 2.31. The van der Waals surface area contributed by atoms with E-state index in [1.165, 1.54) is 5.56 Å². The maximum Gasteiger partial charge on any atom is 0.270 e. The Hall–Kier alpha value is -2.80. The number of benzene rings is 3. The topological polar surface area (TPSA) is 58.7 Å². The minimum Gasteiger partial charge on any atom is -0.372 e. The Bertz CT molecular complexity index is 1150. The quantitative estimate of drug-likeness (QED) is 0.214. The van der Waals surface area contributed by atoms with Crippen LogP contribution < -0.4 is 4.90 Å². The summed E-state index contributed by atoms with van der Waals surface area (Å²) in [6, 6.07) is 23.4. The molecule has 0 fully saturated rings. The van der Waals surface area contributed by atoms with Crippen molar-refractivity contribution in [1.82, 2.24) is 0 Å². The Morgan fingerprint density at radius 2 is 1.76 bits per heavy atom. The number of allylic oxidation sites excluding steroid dienone is 1. The summed E-state index contributed by atoms with van der Waals surface area (Å²) >= 11 is 1.68. The Balaban J connectivity index is 0.00000193. The third-order valence-electron chi connectivity index (χ3n) is 5.17. The number of para-hydroxylation sites is 1. The van der Waals surface area contributed by atoms with Crippen LogP contribution >= 0.6 is 36.6 Å². The first kappa shape index (κ1) is 26.5. The number of halogens is 2. The third kappa shape index (κ3) is 6.60. The van der Waals surface area contributed by atoms with Crippen LogP contribution in [0.3, 0.4) is 0 Å². The van der Waals surface area contributed by atoms with Crippen molar-refractivity contribution in [3.63, 3.8) is 0 Å². The predicted octanol–water partition coefficient (Wildman–Crippen LogP) is 6.68. The molecule has 3 aromatic rings. The molecule has 33 heavy (non-hydrogen) atoms. The molecule has 0 aromatic heterocycles. The zero-order valence-electron chi connectivity index (χ0n) is 18.1. The van der Waals surface area contributed by atoms with E-state index in [4.69, 9.17) is 4.99 Å². The van der Waals surface area contributed by atoms with Crippen LogP contribution in [-0.2, 0) is 5.75 Å². The van der Waals surface area contributed by atoms with Crippen molar-refractivity contribution in [3.8, 4) is 0 Å². The standard InChI is InChI=1S/C25H23N3O2S.2ClH/c1-27-16-15-26-23(22-9-5-6-10-24(22)27)13-11-20-17-21(28(29)30)12-14-25(20)31-18-19-7-3-2-4-8-19;;/h2-14,17H,15-16,18H2,1H3;2*1H/b13-11+;;. The van der Waals surface area contributed by atoms with Crippen molar-refractivity contribution < 1.29 is 4.92 Å². The lowest BCUT2D eigenvalue weighted by Crippen LogP contribution is -2.20. The molecular weight excluding hydrogens is 477 g/mol. The molecular formula is C25H25Cl2N3O2S. The molecule has 0 aliphatic carbocycles. The van der Waals surface area contributed by atoms with Gasteiger partial charge in [0.05, 0.1) is 17.2 Å². The second kappa shape index (κ2) is 12.4. The summed E-state index contributed by atoms with van der Waals surface area (Å²) in [5, 5.41) is 11.3. The Labute approximate surface area is 210 Å². The molecule has 0 saturated heterocycles. The van der Waals surface area contributed by atoms with Gasteiger partial charge in [0, 0.05) is 47.6 Å². The minimum atomic E-state index is -0.351. The molecule has 8 heteroatoms. The number of likely N-dealkylation sites (N-methyl/N-ethyl adjacent to an activating group) is 1. The Morgan fingerprint density at radius 1 is 1.03 bits per heavy atom. The molecule has 0 atom stereocenters. The van der Waals surface area contributed by atoms with Crippen molar-refractivity contribution >= 4 is 59.7 Å². The van der Waals surface area contributed by atoms with Gasteiger partial charge in [-0.15, -0.1) is 36.6 Å². The summed E-state index contributed by atoms with van der Waals surface area (Å²) < 4.78 is 0. The number of anilines is 1. The SMILES string of the molecule is CN1CCN=C(/C=C/c2cc([N+](=O)[O-])ccc2SCc2ccccc2)c2ccccc21.Cl.Cl. The number of hydrogen-bond acceptors (Lipinski definition) is 5. The van der Waals surface area contributed by atoms with Crippen molar-refractivity contribution in [2.75, 3.05) is 25.0 Å². The number of nitrogens with zero attached hydrogens (tertiary/aromatic N) is 3. The van der Waals surface area contributed by atoms with Gasteiger partial charge in [0.15, 0.2) is 0 Å². The van der Waals surface area contributed by atoms with E-state index in [2.05, 4.69) is 36.2 Å². The number of benzodiazepines with no additional fused rings is 1. The van der Waals surface area contributed by atoms with E-state index < -0.39 is 0 Å². The largest absolute Gasteiger partial charge is 0.372 e. The number of thioether (sulfide) groups is 1. The van der Waals surface area contributed by atoms with E-state index in [9.17, 15) is 10.1 Å². The van der Waals surface area contributed by atoms with E-state index in [1.807, 2.05) is 48.6 Å². The van der Waals surface area contributed by atoms with Crippen LogP contribution in [0, 0.1) is 10.1 Å². The monoisotopic (exact) mass is 501 g/mol. The molecule has 1 aliphatic rings. The highest BCUT2D eigenvalue weighted by molar-refractivity contribution is 7.98. The molecule has 3 aromatic carbocycles. The van der Waals surface area contributed by atoms with Crippen molar-refractivity contribution in [2.45, 2.75) is 10.6 Å². The van der Waals surface area contributed by atoms with Gasteiger partial charge >= 0.3 is 0 Å². The zero-order valence-corrected chi connectivity index (χ0v) is 20.5. The van der Waals surface area contributed by atoms with Gasteiger partial charge in [-0.1, -0.05) is 54.6 Å². The van der Waals surface area contributed by atoms with Crippen molar-refractivity contribution in [1.29, 1.82) is 0 Å². The van der Waals surface area contributed by atoms with Crippen LogP contribution in [0.2, 0.25) is 0 Å². The average Bonchev–Trinajstić information content (AvgIpc) is 2.96. The fraction of sp³-hybridized carbons (Fsp3) is 0.160. The first-order valence-electron chi connectivity index (χ1n) is 10.1. The van der Waals surface area contributed by atoms with Crippen LogP contribution in [0.25, 0.3) is 6.08 Å². The first-order valence-corrected chi connectivity index (χ1v) is 11.1. The maximum absolute atomic E-state index is 11.3. The van der Waals surface area contributed by atoms with E-state index in [0.29, 0.717) is 6.54 Å². The second-order valence-corrected chi connectivity index (χ2v) is 8.31. The van der Waals surface area contributed by atoms with Crippen molar-refractivity contribution in [3.05, 3.63) is 106 Å². The number of fused-ring (bicyclic) bond motifs is 1. The van der Waals surface area contributed by atoms with Gasteiger partial charge in [-0.2, -0.15) is 0 Å². The summed E-state index contributed by atoms with van der Waals surface area (Å²) in [6.07, 6.45) is 3.92. The zero-order chi connectivity index (χ0) is 21.6. The summed E-state index contributed by atoms with van der Waals surface area (Å²) in [5.41, 5.74) is 5.24. The Morgan fingerprint density at radius 3 is 2.52 bits per heavy atom. The molecule has 172 valence electrons. The number of rotatable bonds is 6. The molecule has 0 saturated carbocycles. The van der Waals surface area contributed by atoms with E-state index in [1.54, 1.807) is 23.9 Å². The molecule has 4 rings (SSSR count). The minimum absolute atomic E-state index is 0. The van der Waals surface area contributed by atoms with E-state index in [-0.39, 0.29) is 35.4 Å². The van der Waals surface area contributed by atoms with Gasteiger partial charge in [-0.25, -0.2) is 0 Å². The number of non-ortho nitro benzene ring substituents is 1. The fourth-order valence-electron chi connectivity index (χ4n) is 3.51. The number of hydrogen-bond donors (Lipinski definition) is 0. The van der Waals surface area contributed by atoms with Crippen LogP contribution in [0.4, 0.5) is 11.4 Å². The molecule has 1 heterocycles. The molecule has 0 amide bonds. The van der Waals surface area contributed by atoms with Crippen LogP contribution in [0.1, 0.15) is 16.7 Å². The van der Waals surface area contributed by atoms with Crippen LogP contribution in [0.15, 0.2) is 88.8 Å². The predicted molar refractivity (Wildman–Crippen MR) is 144 cm³/mol. The van der Waals surface area contributed by atoms with Crippen LogP contribution in [0.5, 0.6) is 0 Å². The maximum atomic E-state index is 11.3. The lowest BCUT2D eigenvalue weighted by Gasteiger charge is -2.18. The van der Waals surface area contributed by atoms with Crippen molar-refractivity contribution in [2.24, 2.45) is 4.99 Å². The highest BCUT2D eigenvalue weighted by atomic mass is 35.5. The lowest BCUT2D eigenvalue weighted by molar-refractivity contribution is -0.384. The lowest BCUT2D eigenvalue weighted by atomic mass is 10.1. The van der Waals surface area contributed by atoms with Gasteiger partial charge < -0.3 is 4.90 Å². The number of nitro benzene ring substituents is 1. The second-order valence-electron chi connectivity index (χ2n) is 7.29. The van der Waals surface area contributed by atoms with Gasteiger partial charge in [0.1, 0.15) is 0 Å². The molecule has 5 nitrogen and oxygen atoms in total. The molecule has 0 bridgehead atoms. The number of aliphatic imine (C=N–C) groups is 1. The highest BCUT2D eigenvalue weighted by Gasteiger charge is 2.15. The van der Waals surface area contributed by atoms with E-state index in [0.717, 1.165) is 39.7 Å². The normalized spacial score (nSPS) is 12.8. The first-order chi connectivity index (χ1) is 15.1. The summed E-state index contributed by atoms with van der Waals surface area (Å²) in [6.45, 7) is 1.55. The molecule has 0 radical (unpaired) electrons. The summed E-state index contributed by atoms with van der Waals surface area (Å²) in [7, 11) is 2.07. The molecule has 0 unspecified atom stereocenters. The van der Waals surface area contributed by atoms with Gasteiger partial charge in [-0.3, -0.25) is 15.1 Å². The summed E-state index contributed by atoms with van der Waals surface area (Å²) in [5.74, 6) is 0.800. The summed E-state index contributed by atoms with van der Waals surface area (Å²) in [4.78, 5) is 19.0. The Kier molecular flexibility index (Phi) is 9.97. The van der Waals surface area contributed by atoms with Crippen LogP contribution in [-0.4, -0.2) is 30.8 Å². The molecule has 0 N–H and O–H groups in total. The molecule has 1 aliphatic heterocycles. The van der Waals surface area contributed by atoms with Gasteiger partial charge in [0.2, 0.25) is 0 Å².